The van der Waals surface area contributed by atoms with E-state index in [9.17, 15) is 9.59 Å². The first-order valence-electron chi connectivity index (χ1n) is 5.88. The van der Waals surface area contributed by atoms with Gasteiger partial charge in [-0.2, -0.15) is 5.10 Å². The van der Waals surface area contributed by atoms with Crippen LogP contribution in [0.2, 0.25) is 0 Å². The molecule has 0 atom stereocenters. The fourth-order valence-electron chi connectivity index (χ4n) is 2.22. The van der Waals surface area contributed by atoms with Gasteiger partial charge in [-0.1, -0.05) is 0 Å². The summed E-state index contributed by atoms with van der Waals surface area (Å²) in [6.45, 7) is 4.00. The SMILES string of the molecule is CCOC(=O)Cn1nc(C)c2c1C(=O)CCC2. The summed E-state index contributed by atoms with van der Waals surface area (Å²) in [5.41, 5.74) is 2.43. The summed E-state index contributed by atoms with van der Waals surface area (Å²) in [5, 5.41) is 4.26. The zero-order chi connectivity index (χ0) is 12.4. The van der Waals surface area contributed by atoms with Crippen LogP contribution in [0.5, 0.6) is 0 Å². The summed E-state index contributed by atoms with van der Waals surface area (Å²) >= 11 is 0. The second-order valence-electron chi connectivity index (χ2n) is 4.15. The molecular weight excluding hydrogens is 220 g/mol. The van der Waals surface area contributed by atoms with E-state index in [1.807, 2.05) is 6.92 Å². The van der Waals surface area contributed by atoms with Gasteiger partial charge in [0.25, 0.3) is 0 Å². The standard InChI is InChI=1S/C12H16N2O3/c1-3-17-11(16)7-14-12-9(8(2)13-14)5-4-6-10(12)15/h3-7H2,1-2H3. The zero-order valence-electron chi connectivity index (χ0n) is 10.2. The Morgan fingerprint density at radius 3 is 2.94 bits per heavy atom. The smallest absolute Gasteiger partial charge is 0.327 e. The predicted molar refractivity (Wildman–Crippen MR) is 60.9 cm³/mol. The van der Waals surface area contributed by atoms with Crippen molar-refractivity contribution >= 4 is 11.8 Å². The molecule has 1 aliphatic rings. The molecule has 92 valence electrons. The maximum absolute atomic E-state index is 11.8. The number of fused-ring (bicyclic) bond motifs is 1. The number of hydrogen-bond acceptors (Lipinski definition) is 4. The fraction of sp³-hybridized carbons (Fsp3) is 0.583. The molecule has 0 aromatic carbocycles. The average Bonchev–Trinajstić information content (AvgIpc) is 2.57. The first-order chi connectivity index (χ1) is 8.13. The van der Waals surface area contributed by atoms with E-state index in [1.54, 1.807) is 6.92 Å². The van der Waals surface area contributed by atoms with Crippen LogP contribution in [0, 0.1) is 6.92 Å². The van der Waals surface area contributed by atoms with E-state index in [0.29, 0.717) is 18.7 Å². The van der Waals surface area contributed by atoms with E-state index >= 15 is 0 Å². The molecule has 2 rings (SSSR count). The quantitative estimate of drug-likeness (QED) is 0.741. The number of ether oxygens (including phenoxy) is 1. The lowest BCUT2D eigenvalue weighted by Crippen LogP contribution is -2.21. The van der Waals surface area contributed by atoms with Gasteiger partial charge in [-0.05, 0) is 26.7 Å². The summed E-state index contributed by atoms with van der Waals surface area (Å²) in [6, 6.07) is 0. The van der Waals surface area contributed by atoms with Crippen LogP contribution in [0.15, 0.2) is 0 Å². The van der Waals surface area contributed by atoms with Gasteiger partial charge >= 0.3 is 5.97 Å². The van der Waals surface area contributed by atoms with E-state index in [0.717, 1.165) is 24.1 Å². The van der Waals surface area contributed by atoms with Crippen molar-refractivity contribution in [3.05, 3.63) is 17.0 Å². The molecule has 0 fully saturated rings. The van der Waals surface area contributed by atoms with Crippen molar-refractivity contribution in [3.8, 4) is 0 Å². The van der Waals surface area contributed by atoms with Crippen LogP contribution in [0.25, 0.3) is 0 Å². The van der Waals surface area contributed by atoms with E-state index in [4.69, 9.17) is 4.74 Å². The molecule has 5 heteroatoms. The Bertz CT molecular complexity index is 463. The molecule has 1 heterocycles. The number of carbonyl (C=O) groups excluding carboxylic acids is 2. The maximum Gasteiger partial charge on any atom is 0.327 e. The van der Waals surface area contributed by atoms with Crippen LogP contribution >= 0.6 is 0 Å². The van der Waals surface area contributed by atoms with Gasteiger partial charge in [-0.15, -0.1) is 0 Å². The fourth-order valence-corrected chi connectivity index (χ4v) is 2.22. The summed E-state index contributed by atoms with van der Waals surface area (Å²) in [5.74, 6) is -0.271. The number of esters is 1. The molecule has 0 N–H and O–H groups in total. The highest BCUT2D eigenvalue weighted by Crippen LogP contribution is 2.23. The minimum Gasteiger partial charge on any atom is -0.465 e. The van der Waals surface area contributed by atoms with Crippen LogP contribution in [-0.2, 0) is 22.5 Å². The van der Waals surface area contributed by atoms with Gasteiger partial charge in [0.2, 0.25) is 0 Å². The summed E-state index contributed by atoms with van der Waals surface area (Å²) in [6.07, 6.45) is 2.29. The highest BCUT2D eigenvalue weighted by Gasteiger charge is 2.26. The number of Topliss-reactive ketones (excluding diaryl/α,β-unsaturated/α-hetero) is 1. The predicted octanol–water partition coefficient (Wildman–Crippen LogP) is 1.27. The molecule has 0 bridgehead atoms. The lowest BCUT2D eigenvalue weighted by Gasteiger charge is -2.12. The number of carbonyl (C=O) groups is 2. The monoisotopic (exact) mass is 236 g/mol. The molecule has 17 heavy (non-hydrogen) atoms. The van der Waals surface area contributed by atoms with E-state index in [-0.39, 0.29) is 18.3 Å². The molecule has 0 aliphatic heterocycles. The molecular formula is C12H16N2O3. The minimum absolute atomic E-state index is 0.0236. The molecule has 1 aromatic rings. The topological polar surface area (TPSA) is 61.2 Å². The molecule has 0 amide bonds. The van der Waals surface area contributed by atoms with Gasteiger partial charge < -0.3 is 4.74 Å². The van der Waals surface area contributed by atoms with Gasteiger partial charge in [0, 0.05) is 12.0 Å². The Morgan fingerprint density at radius 1 is 1.47 bits per heavy atom. The Hall–Kier alpha value is -1.65. The van der Waals surface area contributed by atoms with E-state index < -0.39 is 0 Å². The van der Waals surface area contributed by atoms with Crippen molar-refractivity contribution in [3.63, 3.8) is 0 Å². The van der Waals surface area contributed by atoms with Crippen molar-refractivity contribution in [2.45, 2.75) is 39.7 Å². The Labute approximate surface area is 99.8 Å². The van der Waals surface area contributed by atoms with Gasteiger partial charge in [0.05, 0.1) is 12.3 Å². The zero-order valence-corrected chi connectivity index (χ0v) is 10.2. The van der Waals surface area contributed by atoms with Crippen molar-refractivity contribution < 1.29 is 14.3 Å². The lowest BCUT2D eigenvalue weighted by atomic mass is 9.95. The second kappa shape index (κ2) is 4.69. The van der Waals surface area contributed by atoms with Gasteiger partial charge in [0.15, 0.2) is 5.78 Å². The molecule has 0 saturated heterocycles. The van der Waals surface area contributed by atoms with Crippen molar-refractivity contribution in [2.24, 2.45) is 0 Å². The first kappa shape index (κ1) is 11.8. The molecule has 0 saturated carbocycles. The number of aromatic nitrogens is 2. The molecule has 0 radical (unpaired) electrons. The van der Waals surface area contributed by atoms with Gasteiger partial charge in [0.1, 0.15) is 12.2 Å². The minimum atomic E-state index is -0.351. The van der Waals surface area contributed by atoms with Crippen LogP contribution in [0.3, 0.4) is 0 Å². The number of rotatable bonds is 3. The Kier molecular flexibility index (Phi) is 3.26. The van der Waals surface area contributed by atoms with E-state index in [1.165, 1.54) is 4.68 Å². The molecule has 0 spiro atoms. The third kappa shape index (κ3) is 2.23. The van der Waals surface area contributed by atoms with Crippen LogP contribution in [-0.4, -0.2) is 28.1 Å². The van der Waals surface area contributed by atoms with Crippen molar-refractivity contribution in [1.82, 2.24) is 9.78 Å². The third-order valence-corrected chi connectivity index (χ3v) is 2.93. The number of nitrogens with zero attached hydrogens (tertiary/aromatic N) is 2. The van der Waals surface area contributed by atoms with Crippen LogP contribution in [0.1, 0.15) is 41.5 Å². The van der Waals surface area contributed by atoms with Gasteiger partial charge in [-0.3, -0.25) is 14.3 Å². The lowest BCUT2D eigenvalue weighted by molar-refractivity contribution is -0.144. The molecule has 1 aliphatic carbocycles. The first-order valence-corrected chi connectivity index (χ1v) is 5.88. The van der Waals surface area contributed by atoms with Gasteiger partial charge in [-0.25, -0.2) is 0 Å². The summed E-state index contributed by atoms with van der Waals surface area (Å²) in [7, 11) is 0. The Balaban J connectivity index is 2.29. The summed E-state index contributed by atoms with van der Waals surface area (Å²) < 4.78 is 6.36. The summed E-state index contributed by atoms with van der Waals surface area (Å²) in [4.78, 5) is 23.3. The van der Waals surface area contributed by atoms with Crippen LogP contribution in [0.4, 0.5) is 0 Å². The Morgan fingerprint density at radius 2 is 2.24 bits per heavy atom. The molecule has 1 aromatic heterocycles. The number of hydrogen-bond donors (Lipinski definition) is 0. The number of ketones is 1. The van der Waals surface area contributed by atoms with E-state index in [2.05, 4.69) is 5.10 Å². The largest absolute Gasteiger partial charge is 0.465 e. The highest BCUT2D eigenvalue weighted by atomic mass is 16.5. The molecule has 5 nitrogen and oxygen atoms in total. The third-order valence-electron chi connectivity index (χ3n) is 2.93. The normalized spacial score (nSPS) is 14.6. The van der Waals surface area contributed by atoms with Crippen molar-refractivity contribution in [1.29, 1.82) is 0 Å². The second-order valence-corrected chi connectivity index (χ2v) is 4.15. The van der Waals surface area contributed by atoms with Crippen LogP contribution < -0.4 is 0 Å². The molecule has 0 unspecified atom stereocenters. The maximum atomic E-state index is 11.8. The number of aryl methyl sites for hydroxylation is 1. The van der Waals surface area contributed by atoms with Crippen molar-refractivity contribution in [2.75, 3.05) is 6.61 Å². The highest BCUT2D eigenvalue weighted by molar-refractivity contribution is 5.97. The average molecular weight is 236 g/mol.